The molecule has 1 heterocycles. The first-order valence-electron chi connectivity index (χ1n) is 9.86. The van der Waals surface area contributed by atoms with Crippen molar-refractivity contribution in [1.82, 2.24) is 0 Å². The third-order valence-corrected chi connectivity index (χ3v) is 4.36. The largest absolute Gasteiger partial charge is 0.497 e. The highest BCUT2D eigenvalue weighted by Crippen LogP contribution is 2.39. The van der Waals surface area contributed by atoms with E-state index in [0.29, 0.717) is 5.75 Å². The summed E-state index contributed by atoms with van der Waals surface area (Å²) in [4.78, 5) is 24.8. The maximum absolute atomic E-state index is 13.7. The van der Waals surface area contributed by atoms with Crippen molar-refractivity contribution in [2.24, 2.45) is 0 Å². The second-order valence-corrected chi connectivity index (χ2v) is 7.27. The number of carbonyl (C=O) groups excluding carboxylic acids is 1. The molecule has 0 bridgehead atoms. The molecule has 0 saturated carbocycles. The van der Waals surface area contributed by atoms with Gasteiger partial charge in [0.05, 0.1) is 18.6 Å². The molecule has 0 saturated heterocycles. The van der Waals surface area contributed by atoms with Crippen molar-refractivity contribution in [3.63, 3.8) is 0 Å². The molecular weight excluding hydrogens is 445 g/mol. The molecule has 33 heavy (non-hydrogen) atoms. The van der Waals surface area contributed by atoms with Crippen LogP contribution in [0, 0.1) is 0 Å². The van der Waals surface area contributed by atoms with E-state index in [-0.39, 0.29) is 28.6 Å². The summed E-state index contributed by atoms with van der Waals surface area (Å²) < 4.78 is 66.8. The Kier molecular flexibility index (Phi) is 6.85. The van der Waals surface area contributed by atoms with E-state index in [4.69, 9.17) is 23.4 Å². The Morgan fingerprint density at radius 1 is 0.970 bits per heavy atom. The van der Waals surface area contributed by atoms with Crippen LogP contribution >= 0.6 is 0 Å². The van der Waals surface area contributed by atoms with Gasteiger partial charge in [-0.2, -0.15) is 13.2 Å². The molecule has 0 radical (unpaired) electrons. The first-order valence-corrected chi connectivity index (χ1v) is 9.86. The van der Waals surface area contributed by atoms with Crippen molar-refractivity contribution in [2.45, 2.75) is 39.2 Å². The van der Waals surface area contributed by atoms with Crippen molar-refractivity contribution >= 4 is 16.9 Å². The van der Waals surface area contributed by atoms with Crippen molar-refractivity contribution in [3.8, 4) is 23.0 Å². The Morgan fingerprint density at radius 2 is 1.58 bits per heavy atom. The van der Waals surface area contributed by atoms with Gasteiger partial charge in [-0.15, -0.1) is 0 Å². The molecular formula is C23H21F3O7. The van der Waals surface area contributed by atoms with Crippen LogP contribution in [-0.4, -0.2) is 25.3 Å². The maximum Gasteiger partial charge on any atom is 0.453 e. The van der Waals surface area contributed by atoms with Crippen molar-refractivity contribution in [3.05, 3.63) is 58.4 Å². The van der Waals surface area contributed by atoms with E-state index in [9.17, 15) is 22.8 Å². The van der Waals surface area contributed by atoms with Crippen LogP contribution in [0.4, 0.5) is 13.2 Å². The molecule has 0 spiro atoms. The summed E-state index contributed by atoms with van der Waals surface area (Å²) in [6, 6.07) is 9.33. The van der Waals surface area contributed by atoms with E-state index in [1.165, 1.54) is 50.4 Å². The number of carbonyl (C=O) groups is 1. The first kappa shape index (κ1) is 24.0. The second-order valence-electron chi connectivity index (χ2n) is 7.27. The predicted octanol–water partition coefficient (Wildman–Crippen LogP) is 5.33. The lowest BCUT2D eigenvalue weighted by molar-refractivity contribution is -0.155. The minimum atomic E-state index is -5.01. The number of methoxy groups -OCH3 is 1. The van der Waals surface area contributed by atoms with E-state index >= 15 is 0 Å². The van der Waals surface area contributed by atoms with Gasteiger partial charge in [0.25, 0.3) is 5.76 Å². The number of alkyl halides is 3. The number of benzene rings is 2. The quantitative estimate of drug-likeness (QED) is 0.435. The summed E-state index contributed by atoms with van der Waals surface area (Å²) in [5.41, 5.74) is -1.39. The van der Waals surface area contributed by atoms with Gasteiger partial charge in [0.1, 0.15) is 22.8 Å². The number of fused-ring (bicyclic) bond motifs is 1. The Labute approximate surface area is 186 Å². The molecule has 1 atom stereocenters. The van der Waals surface area contributed by atoms with Gasteiger partial charge < -0.3 is 23.4 Å². The summed E-state index contributed by atoms with van der Waals surface area (Å²) >= 11 is 0. The molecule has 1 aromatic heterocycles. The molecule has 176 valence electrons. The fraction of sp³-hybridized carbons (Fsp3) is 0.304. The third kappa shape index (κ3) is 5.57. The van der Waals surface area contributed by atoms with E-state index in [0.717, 1.165) is 6.07 Å². The molecule has 0 aliphatic rings. The minimum absolute atomic E-state index is 0.00890. The Morgan fingerprint density at radius 3 is 2.15 bits per heavy atom. The van der Waals surface area contributed by atoms with Crippen molar-refractivity contribution < 1.29 is 41.3 Å². The Hall–Kier alpha value is -3.69. The molecule has 7 nitrogen and oxygen atoms in total. The highest BCUT2D eigenvalue weighted by molar-refractivity contribution is 5.80. The number of hydrogen-bond donors (Lipinski definition) is 0. The highest BCUT2D eigenvalue weighted by Gasteiger charge is 2.40. The monoisotopic (exact) mass is 466 g/mol. The summed E-state index contributed by atoms with van der Waals surface area (Å²) in [6.07, 6.45) is -6.41. The summed E-state index contributed by atoms with van der Waals surface area (Å²) in [6.45, 7) is 4.76. The van der Waals surface area contributed by atoms with Crippen LogP contribution in [0.2, 0.25) is 0 Å². The number of ether oxygens (including phenoxy) is 4. The van der Waals surface area contributed by atoms with Gasteiger partial charge in [-0.05, 0) is 57.2 Å². The van der Waals surface area contributed by atoms with Gasteiger partial charge >= 0.3 is 12.1 Å². The standard InChI is InChI=1S/C23H21F3O7/c1-12(2)30-22(28)13(3)31-16-9-10-17-18(11-16)33-21(23(24,25)26)20(19(17)27)32-15-7-5-14(29-4)6-8-15/h5-13H,1-4H3. The molecule has 3 aromatic rings. The van der Waals surface area contributed by atoms with Crippen LogP contribution in [-0.2, 0) is 15.7 Å². The second kappa shape index (κ2) is 9.43. The molecule has 0 aliphatic carbocycles. The molecule has 3 rings (SSSR count). The van der Waals surface area contributed by atoms with Gasteiger partial charge in [-0.3, -0.25) is 4.79 Å². The molecule has 0 fully saturated rings. The van der Waals surface area contributed by atoms with Crippen LogP contribution in [0.25, 0.3) is 11.0 Å². The average Bonchev–Trinajstić information content (AvgIpc) is 2.74. The van der Waals surface area contributed by atoms with Crippen LogP contribution < -0.4 is 19.6 Å². The molecule has 0 N–H and O–H groups in total. The van der Waals surface area contributed by atoms with E-state index in [1.54, 1.807) is 13.8 Å². The molecule has 10 heteroatoms. The van der Waals surface area contributed by atoms with Crippen LogP contribution in [0.5, 0.6) is 23.0 Å². The lowest BCUT2D eigenvalue weighted by Crippen LogP contribution is -2.28. The highest BCUT2D eigenvalue weighted by atomic mass is 19.4. The zero-order valence-electron chi connectivity index (χ0n) is 18.2. The summed E-state index contributed by atoms with van der Waals surface area (Å²) in [5, 5.41) is -0.156. The maximum atomic E-state index is 13.7. The number of rotatable bonds is 7. The number of hydrogen-bond acceptors (Lipinski definition) is 7. The molecule has 0 aliphatic heterocycles. The molecule has 0 amide bonds. The summed E-state index contributed by atoms with van der Waals surface area (Å²) in [5.74, 6) is -2.77. The zero-order chi connectivity index (χ0) is 24.3. The smallest absolute Gasteiger partial charge is 0.453 e. The SMILES string of the molecule is COc1ccc(Oc2c(C(F)(F)F)oc3cc(OC(C)C(=O)OC(C)C)ccc3c2=O)cc1. The fourth-order valence-electron chi connectivity index (χ4n) is 2.85. The Bertz CT molecular complexity index is 1200. The first-order chi connectivity index (χ1) is 15.5. The molecule has 1 unspecified atom stereocenters. The van der Waals surface area contributed by atoms with Crippen LogP contribution in [0.15, 0.2) is 51.7 Å². The fourth-order valence-corrected chi connectivity index (χ4v) is 2.85. The van der Waals surface area contributed by atoms with Gasteiger partial charge in [0.15, 0.2) is 6.10 Å². The number of esters is 1. The van der Waals surface area contributed by atoms with E-state index in [2.05, 4.69) is 0 Å². The minimum Gasteiger partial charge on any atom is -0.497 e. The van der Waals surface area contributed by atoms with Gasteiger partial charge in [0.2, 0.25) is 11.2 Å². The zero-order valence-corrected chi connectivity index (χ0v) is 18.2. The topological polar surface area (TPSA) is 84.2 Å². The van der Waals surface area contributed by atoms with Gasteiger partial charge in [-0.1, -0.05) is 0 Å². The lowest BCUT2D eigenvalue weighted by atomic mass is 10.2. The third-order valence-electron chi connectivity index (χ3n) is 4.36. The average molecular weight is 466 g/mol. The number of halogens is 3. The van der Waals surface area contributed by atoms with Gasteiger partial charge in [0, 0.05) is 6.07 Å². The molecule has 2 aromatic carbocycles. The summed E-state index contributed by atoms with van der Waals surface area (Å²) in [7, 11) is 1.43. The van der Waals surface area contributed by atoms with Crippen LogP contribution in [0.1, 0.15) is 26.5 Å². The van der Waals surface area contributed by atoms with E-state index < -0.39 is 35.2 Å². The Balaban J connectivity index is 2.01. The van der Waals surface area contributed by atoms with E-state index in [1.807, 2.05) is 0 Å². The van der Waals surface area contributed by atoms with Crippen molar-refractivity contribution in [2.75, 3.05) is 7.11 Å². The van der Waals surface area contributed by atoms with Crippen LogP contribution in [0.3, 0.4) is 0 Å². The normalized spacial score (nSPS) is 12.5. The predicted molar refractivity (Wildman–Crippen MR) is 112 cm³/mol. The lowest BCUT2D eigenvalue weighted by Gasteiger charge is -2.16. The van der Waals surface area contributed by atoms with Gasteiger partial charge in [-0.25, -0.2) is 4.79 Å². The van der Waals surface area contributed by atoms with Crippen molar-refractivity contribution in [1.29, 1.82) is 0 Å².